The molecule has 0 radical (unpaired) electrons. The van der Waals surface area contributed by atoms with Crippen molar-refractivity contribution in [3.05, 3.63) is 23.8 Å². The molecule has 0 atom stereocenters. The Hall–Kier alpha value is -2.57. The van der Waals surface area contributed by atoms with Gasteiger partial charge < -0.3 is 15.2 Å². The first-order chi connectivity index (χ1) is 8.58. The molecule has 0 saturated heterocycles. The summed E-state index contributed by atoms with van der Waals surface area (Å²) in [5, 5.41) is 3.57. The quantitative estimate of drug-likeness (QED) is 0.433. The number of methoxy groups -OCH3 is 2. The molecular weight excluding hydrogens is 238 g/mol. The Kier molecular flexibility index (Phi) is 4.67. The van der Waals surface area contributed by atoms with Gasteiger partial charge in [-0.2, -0.15) is 5.10 Å². The van der Waals surface area contributed by atoms with Gasteiger partial charge in [0, 0.05) is 0 Å². The van der Waals surface area contributed by atoms with Gasteiger partial charge in [-0.1, -0.05) is 0 Å². The van der Waals surface area contributed by atoms with Crippen LogP contribution < -0.4 is 20.6 Å². The summed E-state index contributed by atoms with van der Waals surface area (Å²) in [5.74, 6) is -0.968. The first-order valence-electron chi connectivity index (χ1n) is 4.93. The van der Waals surface area contributed by atoms with Crippen LogP contribution in [0.2, 0.25) is 0 Å². The van der Waals surface area contributed by atoms with Crippen molar-refractivity contribution in [3.8, 4) is 11.5 Å². The third-order valence-electron chi connectivity index (χ3n) is 2.01. The lowest BCUT2D eigenvalue weighted by Gasteiger charge is -2.07. The number of rotatable bonds is 4. The van der Waals surface area contributed by atoms with E-state index in [-0.39, 0.29) is 0 Å². The largest absolute Gasteiger partial charge is 0.493 e. The molecule has 0 saturated carbocycles. The first-order valence-corrected chi connectivity index (χ1v) is 4.93. The van der Waals surface area contributed by atoms with Crippen molar-refractivity contribution in [3.63, 3.8) is 0 Å². The van der Waals surface area contributed by atoms with E-state index >= 15 is 0 Å². The number of nitrogens with zero attached hydrogens (tertiary/aromatic N) is 1. The number of carbonyl (C=O) groups excluding carboxylic acids is 2. The van der Waals surface area contributed by atoms with Crippen LogP contribution in [0.5, 0.6) is 11.5 Å². The van der Waals surface area contributed by atoms with Crippen LogP contribution in [0.15, 0.2) is 23.3 Å². The van der Waals surface area contributed by atoms with Crippen LogP contribution in [0.25, 0.3) is 0 Å². The van der Waals surface area contributed by atoms with Crippen molar-refractivity contribution >= 4 is 18.0 Å². The Labute approximate surface area is 104 Å². The Balaban J connectivity index is 2.76. The molecule has 0 fully saturated rings. The van der Waals surface area contributed by atoms with E-state index in [0.29, 0.717) is 17.1 Å². The lowest BCUT2D eigenvalue weighted by molar-refractivity contribution is -0.137. The summed E-state index contributed by atoms with van der Waals surface area (Å²) in [5.41, 5.74) is 7.38. The Morgan fingerprint density at radius 2 is 1.94 bits per heavy atom. The molecule has 18 heavy (non-hydrogen) atoms. The highest BCUT2D eigenvalue weighted by atomic mass is 16.5. The highest BCUT2D eigenvalue weighted by Crippen LogP contribution is 2.26. The zero-order valence-corrected chi connectivity index (χ0v) is 9.97. The number of primary amides is 1. The Morgan fingerprint density at radius 3 is 2.50 bits per heavy atom. The third-order valence-corrected chi connectivity index (χ3v) is 2.01. The predicted molar refractivity (Wildman–Crippen MR) is 64.5 cm³/mol. The standard InChI is InChI=1S/C11H13N3O4/c1-17-8-4-3-7(5-9(8)18-2)6-13-14-11(16)10(12)15/h3-6H,1-2H3,(H2,12,15)(H,14,16)/b13-6-. The van der Waals surface area contributed by atoms with E-state index in [2.05, 4.69) is 5.10 Å². The molecule has 7 heteroatoms. The second kappa shape index (κ2) is 6.24. The predicted octanol–water partition coefficient (Wildman–Crippen LogP) is -0.361. The maximum atomic E-state index is 10.8. The molecule has 1 aromatic rings. The highest BCUT2D eigenvalue weighted by molar-refractivity contribution is 6.34. The van der Waals surface area contributed by atoms with Gasteiger partial charge in [0.1, 0.15) is 0 Å². The van der Waals surface area contributed by atoms with E-state index in [1.807, 2.05) is 5.43 Å². The second-order valence-corrected chi connectivity index (χ2v) is 3.18. The molecule has 0 aliphatic heterocycles. The number of amides is 2. The first kappa shape index (κ1) is 13.5. The zero-order valence-electron chi connectivity index (χ0n) is 9.97. The highest BCUT2D eigenvalue weighted by Gasteiger charge is 2.06. The molecule has 0 unspecified atom stereocenters. The number of nitrogens with two attached hydrogens (primary N) is 1. The molecule has 0 spiro atoms. The van der Waals surface area contributed by atoms with Gasteiger partial charge in [-0.15, -0.1) is 0 Å². The fourth-order valence-electron chi connectivity index (χ4n) is 1.15. The molecule has 0 aliphatic rings. The number of carbonyl (C=O) groups is 2. The van der Waals surface area contributed by atoms with Crippen molar-refractivity contribution in [1.29, 1.82) is 0 Å². The van der Waals surface area contributed by atoms with Crippen LogP contribution in [0, 0.1) is 0 Å². The minimum Gasteiger partial charge on any atom is -0.493 e. The van der Waals surface area contributed by atoms with Crippen molar-refractivity contribution in [2.45, 2.75) is 0 Å². The van der Waals surface area contributed by atoms with Crippen LogP contribution >= 0.6 is 0 Å². The van der Waals surface area contributed by atoms with Gasteiger partial charge in [-0.05, 0) is 23.8 Å². The van der Waals surface area contributed by atoms with Crippen molar-refractivity contribution < 1.29 is 19.1 Å². The molecule has 0 heterocycles. The smallest absolute Gasteiger partial charge is 0.329 e. The molecular formula is C11H13N3O4. The van der Waals surface area contributed by atoms with Crippen LogP contribution in [-0.4, -0.2) is 32.2 Å². The van der Waals surface area contributed by atoms with Crippen molar-refractivity contribution in [2.75, 3.05) is 14.2 Å². The minimum absolute atomic E-state index is 0.530. The van der Waals surface area contributed by atoms with E-state index in [0.717, 1.165) is 0 Å². The fraction of sp³-hybridized carbons (Fsp3) is 0.182. The minimum atomic E-state index is -1.10. The topological polar surface area (TPSA) is 103 Å². The van der Waals surface area contributed by atoms with Crippen LogP contribution in [-0.2, 0) is 9.59 Å². The lowest BCUT2D eigenvalue weighted by Crippen LogP contribution is -2.32. The van der Waals surface area contributed by atoms with E-state index in [1.54, 1.807) is 18.2 Å². The maximum Gasteiger partial charge on any atom is 0.329 e. The normalized spacial score (nSPS) is 10.1. The van der Waals surface area contributed by atoms with Gasteiger partial charge in [0.05, 0.1) is 20.4 Å². The molecule has 2 amide bonds. The van der Waals surface area contributed by atoms with Gasteiger partial charge >= 0.3 is 11.8 Å². The van der Waals surface area contributed by atoms with Crippen LogP contribution in [0.3, 0.4) is 0 Å². The summed E-state index contributed by atoms with van der Waals surface area (Å²) in [6.45, 7) is 0. The summed E-state index contributed by atoms with van der Waals surface area (Å²) < 4.78 is 10.2. The monoisotopic (exact) mass is 251 g/mol. The van der Waals surface area contributed by atoms with E-state index in [1.165, 1.54) is 20.4 Å². The number of hydrazone groups is 1. The van der Waals surface area contributed by atoms with E-state index < -0.39 is 11.8 Å². The maximum absolute atomic E-state index is 10.8. The SMILES string of the molecule is COc1ccc(/C=N\NC(=O)C(N)=O)cc1OC. The number of hydrogen-bond acceptors (Lipinski definition) is 5. The molecule has 3 N–H and O–H groups in total. The summed E-state index contributed by atoms with van der Waals surface area (Å²) in [6, 6.07) is 5.07. The van der Waals surface area contributed by atoms with Gasteiger partial charge in [0.15, 0.2) is 11.5 Å². The molecule has 96 valence electrons. The number of benzene rings is 1. The summed E-state index contributed by atoms with van der Waals surface area (Å²) in [6.07, 6.45) is 1.35. The van der Waals surface area contributed by atoms with Gasteiger partial charge in [-0.25, -0.2) is 5.43 Å². The van der Waals surface area contributed by atoms with Crippen molar-refractivity contribution in [2.24, 2.45) is 10.8 Å². The van der Waals surface area contributed by atoms with Gasteiger partial charge in [-0.3, -0.25) is 9.59 Å². The summed E-state index contributed by atoms with van der Waals surface area (Å²) in [7, 11) is 3.03. The zero-order chi connectivity index (χ0) is 13.5. The van der Waals surface area contributed by atoms with E-state index in [9.17, 15) is 9.59 Å². The molecule has 1 aromatic carbocycles. The molecule has 0 aliphatic carbocycles. The number of hydrogen-bond donors (Lipinski definition) is 2. The lowest BCUT2D eigenvalue weighted by atomic mass is 10.2. The van der Waals surface area contributed by atoms with Crippen LogP contribution in [0.4, 0.5) is 0 Å². The molecule has 1 rings (SSSR count). The fourth-order valence-corrected chi connectivity index (χ4v) is 1.15. The number of ether oxygens (including phenoxy) is 2. The van der Waals surface area contributed by atoms with Gasteiger partial charge in [0.25, 0.3) is 0 Å². The van der Waals surface area contributed by atoms with Crippen molar-refractivity contribution in [1.82, 2.24) is 5.43 Å². The average Bonchev–Trinajstić information content (AvgIpc) is 2.38. The Morgan fingerprint density at radius 1 is 1.28 bits per heavy atom. The Bertz CT molecular complexity index is 485. The summed E-state index contributed by atoms with van der Waals surface area (Å²) >= 11 is 0. The van der Waals surface area contributed by atoms with Gasteiger partial charge in [0.2, 0.25) is 0 Å². The van der Waals surface area contributed by atoms with E-state index in [4.69, 9.17) is 15.2 Å². The molecule has 0 aromatic heterocycles. The average molecular weight is 251 g/mol. The molecule has 0 bridgehead atoms. The summed E-state index contributed by atoms with van der Waals surface area (Å²) in [4.78, 5) is 21.2. The number of nitrogens with one attached hydrogen (secondary N) is 1. The second-order valence-electron chi connectivity index (χ2n) is 3.18. The van der Waals surface area contributed by atoms with Crippen LogP contribution in [0.1, 0.15) is 5.56 Å². The molecule has 7 nitrogen and oxygen atoms in total. The third kappa shape index (κ3) is 3.48.